The van der Waals surface area contributed by atoms with Crippen LogP contribution in [-0.4, -0.2) is 42.1 Å². The van der Waals surface area contributed by atoms with Gasteiger partial charge < -0.3 is 10.1 Å². The third kappa shape index (κ3) is 2.67. The number of ether oxygens (including phenoxy) is 1. The molecule has 3 saturated heterocycles. The summed E-state index contributed by atoms with van der Waals surface area (Å²) in [5.41, 5.74) is 1.01. The maximum absolute atomic E-state index is 13.1. The molecule has 26 heavy (non-hydrogen) atoms. The second kappa shape index (κ2) is 5.77. The van der Waals surface area contributed by atoms with E-state index in [1.165, 1.54) is 12.1 Å². The Morgan fingerprint density at radius 3 is 2.81 bits per heavy atom. The lowest BCUT2D eigenvalue weighted by Crippen LogP contribution is -2.43. The van der Waals surface area contributed by atoms with Crippen LogP contribution in [0.25, 0.3) is 0 Å². The fraction of sp³-hybridized carbons (Fsp3) is 0.667. The van der Waals surface area contributed by atoms with Crippen LogP contribution in [0.3, 0.4) is 0 Å². The van der Waals surface area contributed by atoms with Gasteiger partial charge in [0.25, 0.3) is 0 Å². The van der Waals surface area contributed by atoms with Gasteiger partial charge in [-0.3, -0.25) is 9.69 Å². The summed E-state index contributed by atoms with van der Waals surface area (Å²) in [4.78, 5) is 14.8. The van der Waals surface area contributed by atoms with E-state index in [1.54, 1.807) is 0 Å². The van der Waals surface area contributed by atoms with E-state index >= 15 is 0 Å². The number of carbonyl (C=O) groups excluding carboxylic acids is 1. The molecule has 4 nitrogen and oxygen atoms in total. The van der Waals surface area contributed by atoms with Crippen LogP contribution >= 0.6 is 0 Å². The summed E-state index contributed by atoms with van der Waals surface area (Å²) in [6.07, 6.45) is 4.58. The molecule has 0 unspecified atom stereocenters. The van der Waals surface area contributed by atoms with E-state index in [2.05, 4.69) is 17.1 Å². The summed E-state index contributed by atoms with van der Waals surface area (Å²) in [5.74, 6) is 0.950. The Hall–Kier alpha value is -1.46. The molecule has 3 aliphatic heterocycles. The van der Waals surface area contributed by atoms with Gasteiger partial charge in [0.15, 0.2) is 0 Å². The van der Waals surface area contributed by atoms with Gasteiger partial charge in [-0.05, 0) is 43.4 Å². The average molecular weight is 358 g/mol. The van der Waals surface area contributed by atoms with Crippen LogP contribution in [0.4, 0.5) is 4.39 Å². The first-order valence-corrected chi connectivity index (χ1v) is 9.90. The largest absolute Gasteiger partial charge is 0.370 e. The van der Waals surface area contributed by atoms with Gasteiger partial charge in [0, 0.05) is 43.4 Å². The fourth-order valence-electron chi connectivity index (χ4n) is 5.37. The number of rotatable bonds is 5. The second-order valence-corrected chi connectivity index (χ2v) is 9.10. The molecule has 4 fully saturated rings. The lowest BCUT2D eigenvalue weighted by molar-refractivity contribution is -0.126. The predicted molar refractivity (Wildman–Crippen MR) is 95.8 cm³/mol. The van der Waals surface area contributed by atoms with Crippen molar-refractivity contribution < 1.29 is 13.9 Å². The molecule has 3 heterocycles. The second-order valence-electron chi connectivity index (χ2n) is 9.10. The minimum absolute atomic E-state index is 0.0242. The molecule has 1 aromatic carbocycles. The normalized spacial score (nSPS) is 36.9. The van der Waals surface area contributed by atoms with Crippen LogP contribution in [0.5, 0.6) is 0 Å². The van der Waals surface area contributed by atoms with Gasteiger partial charge in [-0.15, -0.1) is 0 Å². The van der Waals surface area contributed by atoms with Gasteiger partial charge >= 0.3 is 0 Å². The molecule has 1 N–H and O–H groups in total. The molecule has 1 spiro atoms. The maximum atomic E-state index is 13.1. The van der Waals surface area contributed by atoms with Gasteiger partial charge in [-0.2, -0.15) is 0 Å². The van der Waals surface area contributed by atoms with E-state index in [0.717, 1.165) is 57.4 Å². The van der Waals surface area contributed by atoms with E-state index in [0.29, 0.717) is 17.9 Å². The zero-order valence-electron chi connectivity index (χ0n) is 15.3. The van der Waals surface area contributed by atoms with Crippen molar-refractivity contribution in [3.8, 4) is 0 Å². The standard InChI is InChI=1S/C21H27FN2O2/c1-20(8-9-20)19(25)23-10-16-17-12-24(11-14-2-4-15(22)5-3-14)13-21(17)7-6-18(16)26-21/h2-5,16-18H,6-13H2,1H3,(H,23,25)/t16-,17+,18+,21+/m0/s1. The molecule has 5 rings (SSSR count). The number of benzene rings is 1. The Labute approximate surface area is 154 Å². The van der Waals surface area contributed by atoms with Crippen LogP contribution in [0.1, 0.15) is 38.2 Å². The highest BCUT2D eigenvalue weighted by molar-refractivity contribution is 5.84. The number of likely N-dealkylation sites (tertiary alicyclic amines) is 1. The fourth-order valence-corrected chi connectivity index (χ4v) is 5.37. The molecule has 1 saturated carbocycles. The Morgan fingerprint density at radius 1 is 1.31 bits per heavy atom. The number of amides is 1. The number of nitrogens with zero attached hydrogens (tertiary/aromatic N) is 1. The van der Waals surface area contributed by atoms with Crippen molar-refractivity contribution in [3.05, 3.63) is 35.6 Å². The first kappa shape index (κ1) is 16.7. The Balaban J connectivity index is 1.25. The van der Waals surface area contributed by atoms with Crippen molar-refractivity contribution in [1.29, 1.82) is 0 Å². The summed E-state index contributed by atoms with van der Waals surface area (Å²) in [7, 11) is 0. The highest BCUT2D eigenvalue weighted by Gasteiger charge is 2.62. The highest BCUT2D eigenvalue weighted by atomic mass is 19.1. The zero-order valence-corrected chi connectivity index (χ0v) is 15.3. The average Bonchev–Trinajstić information content (AvgIpc) is 3.00. The molecule has 140 valence electrons. The van der Waals surface area contributed by atoms with E-state index < -0.39 is 0 Å². The molecule has 1 amide bonds. The summed E-state index contributed by atoms with van der Waals surface area (Å²) < 4.78 is 19.6. The number of fused-ring (bicyclic) bond motifs is 1. The quantitative estimate of drug-likeness (QED) is 0.880. The molecular weight excluding hydrogens is 331 g/mol. The highest BCUT2D eigenvalue weighted by Crippen LogP contribution is 2.55. The number of halogens is 1. The van der Waals surface area contributed by atoms with Crippen molar-refractivity contribution in [2.24, 2.45) is 17.3 Å². The molecule has 0 aromatic heterocycles. The molecule has 1 aromatic rings. The number of hydrogen-bond donors (Lipinski definition) is 1. The van der Waals surface area contributed by atoms with E-state index in [1.807, 2.05) is 12.1 Å². The predicted octanol–water partition coefficient (Wildman–Crippen LogP) is 2.72. The third-order valence-corrected chi connectivity index (χ3v) is 7.22. The van der Waals surface area contributed by atoms with Crippen molar-refractivity contribution in [2.45, 2.75) is 50.9 Å². The minimum atomic E-state index is -0.187. The Kier molecular flexibility index (Phi) is 3.70. The number of hydrogen-bond acceptors (Lipinski definition) is 3. The molecule has 4 aliphatic rings. The van der Waals surface area contributed by atoms with Crippen LogP contribution in [0, 0.1) is 23.1 Å². The molecule has 5 heteroatoms. The SMILES string of the molecule is CC1(C(=O)NC[C@H]2[C@H]3CN(Cc4ccc(F)cc4)C[C@]34CC[C@H]2O4)CC1. The topological polar surface area (TPSA) is 41.6 Å². The third-order valence-electron chi connectivity index (χ3n) is 7.22. The first-order valence-electron chi connectivity index (χ1n) is 9.90. The zero-order chi connectivity index (χ0) is 17.9. The molecule has 2 bridgehead atoms. The van der Waals surface area contributed by atoms with Crippen molar-refractivity contribution in [3.63, 3.8) is 0 Å². The van der Waals surface area contributed by atoms with Crippen LogP contribution in [-0.2, 0) is 16.1 Å². The van der Waals surface area contributed by atoms with Crippen molar-refractivity contribution in [2.75, 3.05) is 19.6 Å². The Morgan fingerprint density at radius 2 is 2.08 bits per heavy atom. The maximum Gasteiger partial charge on any atom is 0.225 e. The van der Waals surface area contributed by atoms with Gasteiger partial charge in [-0.1, -0.05) is 19.1 Å². The van der Waals surface area contributed by atoms with Crippen LogP contribution < -0.4 is 5.32 Å². The summed E-state index contributed by atoms with van der Waals surface area (Å²) in [6, 6.07) is 6.80. The van der Waals surface area contributed by atoms with Crippen LogP contribution in [0.2, 0.25) is 0 Å². The van der Waals surface area contributed by atoms with E-state index in [9.17, 15) is 9.18 Å². The van der Waals surface area contributed by atoms with E-state index in [-0.39, 0.29) is 22.7 Å². The monoisotopic (exact) mass is 358 g/mol. The number of nitrogens with one attached hydrogen (secondary N) is 1. The lowest BCUT2D eigenvalue weighted by Gasteiger charge is -2.30. The lowest BCUT2D eigenvalue weighted by atomic mass is 9.73. The minimum Gasteiger partial charge on any atom is -0.370 e. The molecule has 1 aliphatic carbocycles. The summed E-state index contributed by atoms with van der Waals surface area (Å²) in [6.45, 7) is 5.60. The smallest absolute Gasteiger partial charge is 0.225 e. The van der Waals surface area contributed by atoms with E-state index in [4.69, 9.17) is 4.74 Å². The first-order chi connectivity index (χ1) is 12.5. The van der Waals surface area contributed by atoms with Gasteiger partial charge in [-0.25, -0.2) is 4.39 Å². The van der Waals surface area contributed by atoms with Crippen molar-refractivity contribution in [1.82, 2.24) is 10.2 Å². The summed E-state index contributed by atoms with van der Waals surface area (Å²) >= 11 is 0. The van der Waals surface area contributed by atoms with Crippen LogP contribution in [0.15, 0.2) is 24.3 Å². The molecular formula is C21H27FN2O2. The Bertz CT molecular complexity index is 717. The van der Waals surface area contributed by atoms with Crippen molar-refractivity contribution >= 4 is 5.91 Å². The van der Waals surface area contributed by atoms with Gasteiger partial charge in [0.1, 0.15) is 5.82 Å². The molecule has 4 atom stereocenters. The number of carbonyl (C=O) groups is 1. The summed E-state index contributed by atoms with van der Waals surface area (Å²) in [5, 5.41) is 3.21. The van der Waals surface area contributed by atoms with Gasteiger partial charge in [0.2, 0.25) is 5.91 Å². The van der Waals surface area contributed by atoms with Gasteiger partial charge in [0.05, 0.1) is 11.7 Å². The molecule has 0 radical (unpaired) electrons.